The molecule has 2 nitrogen and oxygen atoms in total. The molecule has 3 heteroatoms. The zero-order valence-electron chi connectivity index (χ0n) is 9.21. The third-order valence-electron chi connectivity index (χ3n) is 3.17. The van der Waals surface area contributed by atoms with Crippen LogP contribution >= 0.6 is 11.3 Å². The molecule has 1 atom stereocenters. The van der Waals surface area contributed by atoms with Crippen LogP contribution in [0, 0.1) is 0 Å². The van der Waals surface area contributed by atoms with Crippen molar-refractivity contribution < 1.29 is 9.53 Å². The lowest BCUT2D eigenvalue weighted by Crippen LogP contribution is -2.12. The van der Waals surface area contributed by atoms with Crippen LogP contribution in [0.4, 0.5) is 0 Å². The van der Waals surface area contributed by atoms with Crippen molar-refractivity contribution in [2.24, 2.45) is 0 Å². The fourth-order valence-electron chi connectivity index (χ4n) is 2.38. The number of esters is 1. The molecule has 2 rings (SSSR count). The molecule has 15 heavy (non-hydrogen) atoms. The van der Waals surface area contributed by atoms with Gasteiger partial charge in [-0.15, -0.1) is 11.3 Å². The summed E-state index contributed by atoms with van der Waals surface area (Å²) in [6.07, 6.45) is 4.72. The summed E-state index contributed by atoms with van der Waals surface area (Å²) in [5.74, 6) is 0.391. The molecule has 1 heterocycles. The van der Waals surface area contributed by atoms with Gasteiger partial charge >= 0.3 is 5.97 Å². The first-order chi connectivity index (χ1) is 7.27. The van der Waals surface area contributed by atoms with Crippen LogP contribution in [-0.2, 0) is 11.2 Å². The van der Waals surface area contributed by atoms with E-state index in [0.717, 1.165) is 18.4 Å². The minimum absolute atomic E-state index is 0.173. The Balaban J connectivity index is 2.41. The van der Waals surface area contributed by atoms with Crippen LogP contribution in [0.3, 0.4) is 0 Å². The van der Waals surface area contributed by atoms with Gasteiger partial charge in [-0.3, -0.25) is 0 Å². The Morgan fingerprint density at radius 2 is 2.47 bits per heavy atom. The minimum atomic E-state index is -0.173. The molecule has 0 spiro atoms. The van der Waals surface area contributed by atoms with Gasteiger partial charge < -0.3 is 4.74 Å². The highest BCUT2D eigenvalue weighted by Crippen LogP contribution is 2.39. The van der Waals surface area contributed by atoms with Crippen molar-refractivity contribution in [3.63, 3.8) is 0 Å². The molecule has 0 bridgehead atoms. The second-order valence-corrected chi connectivity index (χ2v) is 4.94. The fraction of sp³-hybridized carbons (Fsp3) is 0.583. The quantitative estimate of drug-likeness (QED) is 0.720. The van der Waals surface area contributed by atoms with Crippen molar-refractivity contribution in [1.29, 1.82) is 0 Å². The van der Waals surface area contributed by atoms with E-state index in [2.05, 4.69) is 6.92 Å². The Morgan fingerprint density at radius 3 is 3.13 bits per heavy atom. The Morgan fingerprint density at radius 1 is 1.67 bits per heavy atom. The van der Waals surface area contributed by atoms with E-state index in [4.69, 9.17) is 4.74 Å². The first-order valence-electron chi connectivity index (χ1n) is 5.46. The number of thiophene rings is 1. The summed E-state index contributed by atoms with van der Waals surface area (Å²) >= 11 is 1.71. The summed E-state index contributed by atoms with van der Waals surface area (Å²) in [6, 6.07) is 0. The number of fused-ring (bicyclic) bond motifs is 1. The SMILES string of the molecule is CCC1CCCc2scc(C(=O)OC)c21. The van der Waals surface area contributed by atoms with Gasteiger partial charge in [0.2, 0.25) is 0 Å². The Bertz CT molecular complexity index is 368. The molecule has 0 aliphatic heterocycles. The van der Waals surface area contributed by atoms with Gasteiger partial charge in [0, 0.05) is 10.3 Å². The first-order valence-corrected chi connectivity index (χ1v) is 6.34. The highest BCUT2D eigenvalue weighted by atomic mass is 32.1. The highest BCUT2D eigenvalue weighted by Gasteiger charge is 2.26. The normalized spacial score (nSPS) is 19.7. The number of carbonyl (C=O) groups is 1. The molecule has 0 saturated carbocycles. The highest BCUT2D eigenvalue weighted by molar-refractivity contribution is 7.10. The number of methoxy groups -OCH3 is 1. The maximum Gasteiger partial charge on any atom is 0.339 e. The smallest absolute Gasteiger partial charge is 0.339 e. The molecule has 0 aromatic carbocycles. The summed E-state index contributed by atoms with van der Waals surface area (Å²) in [4.78, 5) is 13.0. The Labute approximate surface area is 94.3 Å². The number of hydrogen-bond acceptors (Lipinski definition) is 3. The van der Waals surface area contributed by atoms with Gasteiger partial charge in [0.05, 0.1) is 12.7 Å². The number of aryl methyl sites for hydroxylation is 1. The van der Waals surface area contributed by atoms with Crippen molar-refractivity contribution in [3.8, 4) is 0 Å². The van der Waals surface area contributed by atoms with Crippen molar-refractivity contribution >= 4 is 17.3 Å². The van der Waals surface area contributed by atoms with Crippen LogP contribution in [0.25, 0.3) is 0 Å². The topological polar surface area (TPSA) is 26.3 Å². The summed E-state index contributed by atoms with van der Waals surface area (Å²) in [5.41, 5.74) is 2.09. The van der Waals surface area contributed by atoms with Crippen molar-refractivity contribution in [1.82, 2.24) is 0 Å². The molecular formula is C12H16O2S. The van der Waals surface area contributed by atoms with Gasteiger partial charge in [-0.2, -0.15) is 0 Å². The van der Waals surface area contributed by atoms with E-state index >= 15 is 0 Å². The molecule has 0 saturated heterocycles. The van der Waals surface area contributed by atoms with Gasteiger partial charge in [0.25, 0.3) is 0 Å². The van der Waals surface area contributed by atoms with E-state index in [1.165, 1.54) is 30.4 Å². The van der Waals surface area contributed by atoms with E-state index in [0.29, 0.717) is 5.92 Å². The third kappa shape index (κ3) is 1.81. The van der Waals surface area contributed by atoms with E-state index in [-0.39, 0.29) is 5.97 Å². The van der Waals surface area contributed by atoms with E-state index < -0.39 is 0 Å². The molecular weight excluding hydrogens is 208 g/mol. The lowest BCUT2D eigenvalue weighted by molar-refractivity contribution is 0.0599. The molecule has 1 aromatic rings. The second-order valence-electron chi connectivity index (χ2n) is 3.98. The first kappa shape index (κ1) is 10.7. The van der Waals surface area contributed by atoms with Gasteiger partial charge in [0.1, 0.15) is 0 Å². The monoisotopic (exact) mass is 224 g/mol. The van der Waals surface area contributed by atoms with E-state index in [1.54, 1.807) is 11.3 Å². The molecule has 0 radical (unpaired) electrons. The number of hydrogen-bond donors (Lipinski definition) is 0. The van der Waals surface area contributed by atoms with Crippen LogP contribution in [0.15, 0.2) is 5.38 Å². The standard InChI is InChI=1S/C12H16O2S/c1-3-8-5-4-6-10-11(8)9(7-15-10)12(13)14-2/h7-8H,3-6H2,1-2H3. The maximum atomic E-state index is 11.6. The number of carbonyl (C=O) groups excluding carboxylic acids is 1. The predicted molar refractivity (Wildman–Crippen MR) is 61.6 cm³/mol. The molecule has 1 aliphatic carbocycles. The zero-order valence-corrected chi connectivity index (χ0v) is 10.0. The van der Waals surface area contributed by atoms with E-state index in [9.17, 15) is 4.79 Å². The Hall–Kier alpha value is -0.830. The summed E-state index contributed by atoms with van der Waals surface area (Å²) in [7, 11) is 1.45. The lowest BCUT2D eigenvalue weighted by Gasteiger charge is -2.22. The number of rotatable bonds is 2. The predicted octanol–water partition coefficient (Wildman–Crippen LogP) is 3.36. The largest absolute Gasteiger partial charge is 0.465 e. The summed E-state index contributed by atoms with van der Waals surface area (Å²) in [6.45, 7) is 2.19. The maximum absolute atomic E-state index is 11.6. The van der Waals surface area contributed by atoms with Gasteiger partial charge in [0.15, 0.2) is 0 Å². The molecule has 0 amide bonds. The molecule has 1 unspecified atom stereocenters. The van der Waals surface area contributed by atoms with Crippen LogP contribution in [0.5, 0.6) is 0 Å². The molecule has 0 fully saturated rings. The van der Waals surface area contributed by atoms with Crippen LogP contribution in [0.1, 0.15) is 52.9 Å². The fourth-order valence-corrected chi connectivity index (χ4v) is 3.53. The van der Waals surface area contributed by atoms with Crippen LogP contribution in [0.2, 0.25) is 0 Å². The van der Waals surface area contributed by atoms with Gasteiger partial charge in [-0.1, -0.05) is 6.92 Å². The van der Waals surface area contributed by atoms with Crippen molar-refractivity contribution in [2.75, 3.05) is 7.11 Å². The molecule has 0 N–H and O–H groups in total. The average molecular weight is 224 g/mol. The lowest BCUT2D eigenvalue weighted by atomic mass is 9.84. The summed E-state index contributed by atoms with van der Waals surface area (Å²) < 4.78 is 4.82. The van der Waals surface area contributed by atoms with Gasteiger partial charge in [-0.25, -0.2) is 4.79 Å². The molecule has 1 aromatic heterocycles. The zero-order chi connectivity index (χ0) is 10.8. The summed E-state index contributed by atoms with van der Waals surface area (Å²) in [5, 5.41) is 1.96. The molecule has 82 valence electrons. The van der Waals surface area contributed by atoms with Crippen LogP contribution in [-0.4, -0.2) is 13.1 Å². The minimum Gasteiger partial charge on any atom is -0.465 e. The molecule has 1 aliphatic rings. The third-order valence-corrected chi connectivity index (χ3v) is 4.23. The second kappa shape index (κ2) is 4.35. The van der Waals surface area contributed by atoms with Gasteiger partial charge in [-0.05, 0) is 37.2 Å². The van der Waals surface area contributed by atoms with Crippen molar-refractivity contribution in [2.45, 2.75) is 38.5 Å². The average Bonchev–Trinajstić information content (AvgIpc) is 2.71. The van der Waals surface area contributed by atoms with Crippen LogP contribution < -0.4 is 0 Å². The van der Waals surface area contributed by atoms with E-state index in [1.807, 2.05) is 5.38 Å². The Kier molecular flexibility index (Phi) is 3.10. The van der Waals surface area contributed by atoms with Crippen molar-refractivity contribution in [3.05, 3.63) is 21.4 Å². The number of ether oxygens (including phenoxy) is 1.